The summed E-state index contributed by atoms with van der Waals surface area (Å²) in [5.41, 5.74) is 0.921. The molecule has 0 saturated heterocycles. The van der Waals surface area contributed by atoms with Crippen LogP contribution in [-0.2, 0) is 16.6 Å². The average Bonchev–Trinajstić information content (AvgIpc) is 2.84. The van der Waals surface area contributed by atoms with Crippen LogP contribution in [0.25, 0.3) is 0 Å². The van der Waals surface area contributed by atoms with Crippen molar-refractivity contribution in [2.45, 2.75) is 19.3 Å². The standard InChI is InChI=1S/C15H18N2O3/c1-3-20-14(19)10-13(15-16-8-9-17(15)2)11-4-6-12(18)7-5-11/h4-9,13,18H,3,10H2,1-2H3/t13-/m1/s1. The first-order valence-electron chi connectivity index (χ1n) is 6.53. The lowest BCUT2D eigenvalue weighted by molar-refractivity contribution is -0.143. The molecule has 0 aliphatic rings. The van der Waals surface area contributed by atoms with E-state index >= 15 is 0 Å². The fraction of sp³-hybridized carbons (Fsp3) is 0.333. The van der Waals surface area contributed by atoms with Crippen LogP contribution < -0.4 is 0 Å². The Morgan fingerprint density at radius 2 is 2.10 bits per heavy atom. The van der Waals surface area contributed by atoms with E-state index in [-0.39, 0.29) is 24.1 Å². The van der Waals surface area contributed by atoms with Crippen LogP contribution in [0.15, 0.2) is 36.7 Å². The summed E-state index contributed by atoms with van der Waals surface area (Å²) in [4.78, 5) is 16.1. The van der Waals surface area contributed by atoms with Crippen LogP contribution in [0.2, 0.25) is 0 Å². The monoisotopic (exact) mass is 274 g/mol. The third kappa shape index (κ3) is 3.17. The number of aromatic nitrogens is 2. The van der Waals surface area contributed by atoms with Gasteiger partial charge in [-0.05, 0) is 24.6 Å². The molecule has 0 fully saturated rings. The summed E-state index contributed by atoms with van der Waals surface area (Å²) < 4.78 is 6.92. The Morgan fingerprint density at radius 3 is 2.65 bits per heavy atom. The number of aryl methyl sites for hydroxylation is 1. The summed E-state index contributed by atoms with van der Waals surface area (Å²) >= 11 is 0. The predicted octanol–water partition coefficient (Wildman–Crippen LogP) is 2.21. The molecule has 0 aliphatic carbocycles. The molecule has 0 saturated carbocycles. The summed E-state index contributed by atoms with van der Waals surface area (Å²) in [7, 11) is 1.89. The van der Waals surface area contributed by atoms with Crippen molar-refractivity contribution in [3.8, 4) is 5.75 Å². The van der Waals surface area contributed by atoms with E-state index < -0.39 is 0 Å². The number of rotatable bonds is 5. The van der Waals surface area contributed by atoms with E-state index in [9.17, 15) is 9.90 Å². The van der Waals surface area contributed by atoms with E-state index in [1.807, 2.05) is 17.8 Å². The summed E-state index contributed by atoms with van der Waals surface area (Å²) in [6, 6.07) is 6.81. The highest BCUT2D eigenvalue weighted by atomic mass is 16.5. The molecule has 2 rings (SSSR count). The number of hydrogen-bond donors (Lipinski definition) is 1. The Morgan fingerprint density at radius 1 is 1.40 bits per heavy atom. The molecule has 1 heterocycles. The average molecular weight is 274 g/mol. The fourth-order valence-corrected chi connectivity index (χ4v) is 2.16. The molecular weight excluding hydrogens is 256 g/mol. The summed E-state index contributed by atoms with van der Waals surface area (Å²) in [6.07, 6.45) is 3.77. The van der Waals surface area contributed by atoms with Crippen LogP contribution in [0.4, 0.5) is 0 Å². The first kappa shape index (κ1) is 14.1. The van der Waals surface area contributed by atoms with Crippen molar-refractivity contribution in [2.75, 3.05) is 6.61 Å². The maximum atomic E-state index is 11.8. The SMILES string of the molecule is CCOC(=O)C[C@H](c1ccc(O)cc1)c1nccn1C. The Labute approximate surface area is 117 Å². The van der Waals surface area contributed by atoms with Gasteiger partial charge >= 0.3 is 5.97 Å². The van der Waals surface area contributed by atoms with E-state index in [0.29, 0.717) is 6.61 Å². The lowest BCUT2D eigenvalue weighted by Gasteiger charge is -2.16. The number of carbonyl (C=O) groups excluding carboxylic acids is 1. The molecule has 0 radical (unpaired) electrons. The zero-order chi connectivity index (χ0) is 14.5. The van der Waals surface area contributed by atoms with Crippen LogP contribution in [0.3, 0.4) is 0 Å². The predicted molar refractivity (Wildman–Crippen MR) is 74.4 cm³/mol. The van der Waals surface area contributed by atoms with Crippen molar-refractivity contribution in [3.05, 3.63) is 48.0 Å². The molecule has 0 aliphatic heterocycles. The zero-order valence-electron chi connectivity index (χ0n) is 11.6. The quantitative estimate of drug-likeness (QED) is 0.849. The lowest BCUT2D eigenvalue weighted by Crippen LogP contribution is -2.14. The number of phenolic OH excluding ortho intramolecular Hbond substituents is 1. The second kappa shape index (κ2) is 6.23. The van der Waals surface area contributed by atoms with Crippen molar-refractivity contribution in [2.24, 2.45) is 7.05 Å². The number of benzene rings is 1. The number of nitrogens with zero attached hydrogens (tertiary/aromatic N) is 2. The summed E-state index contributed by atoms with van der Waals surface area (Å²) in [6.45, 7) is 2.15. The van der Waals surface area contributed by atoms with Gasteiger partial charge in [0.15, 0.2) is 0 Å². The first-order chi connectivity index (χ1) is 9.61. The molecule has 0 spiro atoms. The number of aromatic hydroxyl groups is 1. The number of carbonyl (C=O) groups is 1. The van der Waals surface area contributed by atoms with Gasteiger partial charge < -0.3 is 14.4 Å². The Bertz CT molecular complexity index is 575. The molecule has 2 aromatic rings. The molecule has 5 nitrogen and oxygen atoms in total. The third-order valence-electron chi connectivity index (χ3n) is 3.14. The van der Waals surface area contributed by atoms with Crippen molar-refractivity contribution in [1.29, 1.82) is 0 Å². The molecule has 106 valence electrons. The van der Waals surface area contributed by atoms with Gasteiger partial charge in [-0.1, -0.05) is 12.1 Å². The second-order valence-electron chi connectivity index (χ2n) is 4.55. The first-order valence-corrected chi connectivity index (χ1v) is 6.53. The van der Waals surface area contributed by atoms with Gasteiger partial charge in [-0.3, -0.25) is 4.79 Å². The molecule has 0 amide bonds. The van der Waals surface area contributed by atoms with Gasteiger partial charge in [0.05, 0.1) is 18.9 Å². The van der Waals surface area contributed by atoms with Crippen molar-refractivity contribution < 1.29 is 14.6 Å². The third-order valence-corrected chi connectivity index (χ3v) is 3.14. The van der Waals surface area contributed by atoms with Gasteiger partial charge in [0.25, 0.3) is 0 Å². The van der Waals surface area contributed by atoms with Crippen molar-refractivity contribution in [1.82, 2.24) is 9.55 Å². The summed E-state index contributed by atoms with van der Waals surface area (Å²) in [5, 5.41) is 9.38. The molecule has 5 heteroatoms. The van der Waals surface area contributed by atoms with E-state index in [2.05, 4.69) is 4.98 Å². The maximum absolute atomic E-state index is 11.8. The minimum absolute atomic E-state index is 0.186. The van der Waals surface area contributed by atoms with E-state index in [4.69, 9.17) is 4.74 Å². The van der Waals surface area contributed by atoms with Gasteiger partial charge in [-0.15, -0.1) is 0 Å². The Kier molecular flexibility index (Phi) is 4.40. The van der Waals surface area contributed by atoms with Gasteiger partial charge in [0, 0.05) is 19.4 Å². The number of ether oxygens (including phenoxy) is 1. The highest BCUT2D eigenvalue weighted by molar-refractivity contribution is 5.71. The smallest absolute Gasteiger partial charge is 0.306 e. The van der Waals surface area contributed by atoms with Crippen LogP contribution in [-0.4, -0.2) is 27.2 Å². The highest BCUT2D eigenvalue weighted by Crippen LogP contribution is 2.28. The van der Waals surface area contributed by atoms with Gasteiger partial charge in [-0.25, -0.2) is 4.98 Å². The largest absolute Gasteiger partial charge is 0.508 e. The number of imidazole rings is 1. The Hall–Kier alpha value is -2.30. The van der Waals surface area contributed by atoms with Crippen LogP contribution in [0.1, 0.15) is 30.7 Å². The van der Waals surface area contributed by atoms with Crippen LogP contribution >= 0.6 is 0 Å². The van der Waals surface area contributed by atoms with Gasteiger partial charge in [-0.2, -0.15) is 0 Å². The molecular formula is C15H18N2O3. The topological polar surface area (TPSA) is 64.3 Å². The normalized spacial score (nSPS) is 12.1. The Balaban J connectivity index is 2.31. The minimum atomic E-state index is -0.256. The van der Waals surface area contributed by atoms with Gasteiger partial charge in [0.2, 0.25) is 0 Å². The van der Waals surface area contributed by atoms with Crippen LogP contribution in [0, 0.1) is 0 Å². The number of hydrogen-bond acceptors (Lipinski definition) is 4. The molecule has 0 bridgehead atoms. The highest BCUT2D eigenvalue weighted by Gasteiger charge is 2.22. The minimum Gasteiger partial charge on any atom is -0.508 e. The summed E-state index contributed by atoms with van der Waals surface area (Å²) in [5.74, 6) is 0.551. The number of phenols is 1. The molecule has 1 aromatic carbocycles. The van der Waals surface area contributed by atoms with E-state index in [1.165, 1.54) is 0 Å². The molecule has 1 aromatic heterocycles. The molecule has 0 unspecified atom stereocenters. The zero-order valence-corrected chi connectivity index (χ0v) is 11.6. The van der Waals surface area contributed by atoms with E-state index in [0.717, 1.165) is 11.4 Å². The van der Waals surface area contributed by atoms with Gasteiger partial charge in [0.1, 0.15) is 11.6 Å². The maximum Gasteiger partial charge on any atom is 0.306 e. The number of esters is 1. The second-order valence-corrected chi connectivity index (χ2v) is 4.55. The molecule has 1 N–H and O–H groups in total. The lowest BCUT2D eigenvalue weighted by atomic mass is 9.94. The van der Waals surface area contributed by atoms with E-state index in [1.54, 1.807) is 37.4 Å². The fourth-order valence-electron chi connectivity index (χ4n) is 2.16. The molecule has 20 heavy (non-hydrogen) atoms. The van der Waals surface area contributed by atoms with Crippen molar-refractivity contribution >= 4 is 5.97 Å². The molecule has 1 atom stereocenters. The van der Waals surface area contributed by atoms with Crippen LogP contribution in [0.5, 0.6) is 5.75 Å². The van der Waals surface area contributed by atoms with Crippen molar-refractivity contribution in [3.63, 3.8) is 0 Å².